The Morgan fingerprint density at radius 2 is 2.19 bits per heavy atom. The largest absolute Gasteiger partial charge is 0.368 e. The topological polar surface area (TPSA) is 37.8 Å². The Bertz CT molecular complexity index is 486. The number of nitrogens with one attached hydrogen (secondary N) is 1. The summed E-state index contributed by atoms with van der Waals surface area (Å²) in [5.41, 5.74) is 0. The van der Waals surface area contributed by atoms with E-state index in [1.54, 1.807) is 6.20 Å². The van der Waals surface area contributed by atoms with Crippen molar-refractivity contribution < 1.29 is 0 Å². The zero-order valence-electron chi connectivity index (χ0n) is 9.35. The van der Waals surface area contributed by atoms with Crippen LogP contribution in [0.1, 0.15) is 13.3 Å². The molecule has 82 valence electrons. The summed E-state index contributed by atoms with van der Waals surface area (Å²) in [7, 11) is 0. The predicted octanol–water partition coefficient (Wildman–Crippen LogP) is 3.01. The number of rotatable bonds is 4. The fourth-order valence-corrected chi connectivity index (χ4v) is 1.60. The second kappa shape index (κ2) is 5.26. The molecule has 0 radical (unpaired) electrons. The average molecular weight is 213 g/mol. The quantitative estimate of drug-likeness (QED) is 0.626. The highest BCUT2D eigenvalue weighted by Crippen LogP contribution is 2.18. The fourth-order valence-electron chi connectivity index (χ4n) is 1.60. The Kier molecular flexibility index (Phi) is 3.49. The van der Waals surface area contributed by atoms with Crippen molar-refractivity contribution in [3.63, 3.8) is 0 Å². The van der Waals surface area contributed by atoms with Crippen LogP contribution in [0, 0.1) is 0 Å². The molecule has 0 amide bonds. The van der Waals surface area contributed by atoms with Gasteiger partial charge in [0.05, 0.1) is 6.20 Å². The van der Waals surface area contributed by atoms with Crippen molar-refractivity contribution in [2.75, 3.05) is 11.9 Å². The minimum atomic E-state index is 0.864. The first-order valence-corrected chi connectivity index (χ1v) is 5.47. The van der Waals surface area contributed by atoms with Crippen molar-refractivity contribution in [3.8, 4) is 0 Å². The first kappa shape index (κ1) is 10.6. The minimum absolute atomic E-state index is 0.864. The minimum Gasteiger partial charge on any atom is -0.368 e. The van der Waals surface area contributed by atoms with Gasteiger partial charge < -0.3 is 5.32 Å². The van der Waals surface area contributed by atoms with E-state index in [9.17, 15) is 0 Å². The zero-order chi connectivity index (χ0) is 11.2. The van der Waals surface area contributed by atoms with Gasteiger partial charge in [0.1, 0.15) is 0 Å². The molecule has 0 bridgehead atoms. The molecule has 0 saturated carbocycles. The van der Waals surface area contributed by atoms with Crippen molar-refractivity contribution in [2.24, 2.45) is 0 Å². The van der Waals surface area contributed by atoms with E-state index in [1.165, 1.54) is 0 Å². The maximum absolute atomic E-state index is 4.12. The lowest BCUT2D eigenvalue weighted by Crippen LogP contribution is -2.03. The summed E-state index contributed by atoms with van der Waals surface area (Å²) < 4.78 is 0. The van der Waals surface area contributed by atoms with Gasteiger partial charge in [-0.2, -0.15) is 5.10 Å². The van der Waals surface area contributed by atoms with Crippen LogP contribution in [0.25, 0.3) is 10.8 Å². The number of fused-ring (bicyclic) bond motifs is 1. The fraction of sp³-hybridized carbons (Fsp3) is 0.231. The molecule has 0 aliphatic carbocycles. The van der Waals surface area contributed by atoms with E-state index in [0.717, 1.165) is 29.6 Å². The Morgan fingerprint density at radius 3 is 3.06 bits per heavy atom. The van der Waals surface area contributed by atoms with Crippen LogP contribution in [-0.4, -0.2) is 16.7 Å². The molecule has 0 fully saturated rings. The first-order chi connectivity index (χ1) is 7.92. The van der Waals surface area contributed by atoms with Gasteiger partial charge >= 0.3 is 0 Å². The Labute approximate surface area is 95.2 Å². The smallest absolute Gasteiger partial charge is 0.156 e. The lowest BCUT2D eigenvalue weighted by atomic mass is 10.2. The molecule has 0 aliphatic heterocycles. The van der Waals surface area contributed by atoms with Crippen molar-refractivity contribution in [2.45, 2.75) is 13.3 Å². The lowest BCUT2D eigenvalue weighted by Gasteiger charge is -2.05. The molecule has 1 aromatic heterocycles. The third-order valence-electron chi connectivity index (χ3n) is 2.41. The van der Waals surface area contributed by atoms with Gasteiger partial charge in [-0.1, -0.05) is 36.4 Å². The maximum atomic E-state index is 4.12. The third kappa shape index (κ3) is 2.37. The number of anilines is 1. The summed E-state index contributed by atoms with van der Waals surface area (Å²) in [5, 5.41) is 13.6. The van der Waals surface area contributed by atoms with E-state index in [0.29, 0.717) is 0 Å². The number of aromatic nitrogens is 2. The van der Waals surface area contributed by atoms with Gasteiger partial charge in [0.2, 0.25) is 0 Å². The van der Waals surface area contributed by atoms with E-state index in [1.807, 2.05) is 25.1 Å². The number of nitrogens with zero attached hydrogens (tertiary/aromatic N) is 2. The molecule has 0 atom stereocenters. The van der Waals surface area contributed by atoms with Gasteiger partial charge in [-0.15, -0.1) is 5.10 Å². The number of hydrogen-bond donors (Lipinski definition) is 1. The van der Waals surface area contributed by atoms with Crippen molar-refractivity contribution in [1.82, 2.24) is 10.2 Å². The van der Waals surface area contributed by atoms with Gasteiger partial charge in [0, 0.05) is 17.3 Å². The van der Waals surface area contributed by atoms with Crippen LogP contribution >= 0.6 is 0 Å². The normalized spacial score (nSPS) is 11.1. The molecular weight excluding hydrogens is 198 g/mol. The van der Waals surface area contributed by atoms with Crippen LogP contribution in [-0.2, 0) is 0 Å². The molecule has 1 heterocycles. The highest BCUT2D eigenvalue weighted by Gasteiger charge is 2.00. The van der Waals surface area contributed by atoms with E-state index in [-0.39, 0.29) is 0 Å². The summed E-state index contributed by atoms with van der Waals surface area (Å²) in [4.78, 5) is 0. The van der Waals surface area contributed by atoms with Gasteiger partial charge in [-0.3, -0.25) is 0 Å². The summed E-state index contributed by atoms with van der Waals surface area (Å²) >= 11 is 0. The van der Waals surface area contributed by atoms with Crippen LogP contribution in [0.15, 0.2) is 42.6 Å². The lowest BCUT2D eigenvalue weighted by molar-refractivity contribution is 0.997. The molecule has 0 unspecified atom stereocenters. The van der Waals surface area contributed by atoms with E-state index < -0.39 is 0 Å². The molecule has 2 rings (SSSR count). The van der Waals surface area contributed by atoms with Crippen LogP contribution in [0.5, 0.6) is 0 Å². The van der Waals surface area contributed by atoms with Gasteiger partial charge in [0.25, 0.3) is 0 Å². The molecule has 1 N–H and O–H groups in total. The average Bonchev–Trinajstić information content (AvgIpc) is 2.35. The second-order valence-electron chi connectivity index (χ2n) is 3.56. The highest BCUT2D eigenvalue weighted by molar-refractivity contribution is 5.90. The standard InChI is InChI=1S/C13H15N3/c1-2-3-6-9-14-13-12-8-5-4-7-11(12)10-15-16-13/h2-5,7-8,10H,6,9H2,1H3,(H,14,16)/b3-2+. The van der Waals surface area contributed by atoms with E-state index >= 15 is 0 Å². The summed E-state index contributed by atoms with van der Waals surface area (Å²) in [6.45, 7) is 2.91. The molecule has 0 aliphatic rings. The van der Waals surface area contributed by atoms with Crippen molar-refractivity contribution >= 4 is 16.6 Å². The van der Waals surface area contributed by atoms with Crippen LogP contribution in [0.2, 0.25) is 0 Å². The molecule has 2 aromatic rings. The first-order valence-electron chi connectivity index (χ1n) is 5.47. The molecular formula is C13H15N3. The third-order valence-corrected chi connectivity index (χ3v) is 2.41. The highest BCUT2D eigenvalue weighted by atomic mass is 15.2. The van der Waals surface area contributed by atoms with Crippen molar-refractivity contribution in [3.05, 3.63) is 42.6 Å². The van der Waals surface area contributed by atoms with E-state index in [2.05, 4.69) is 33.7 Å². The molecule has 0 spiro atoms. The number of benzene rings is 1. The van der Waals surface area contributed by atoms with E-state index in [4.69, 9.17) is 0 Å². The zero-order valence-corrected chi connectivity index (χ0v) is 9.35. The van der Waals surface area contributed by atoms with Gasteiger partial charge in [0.15, 0.2) is 5.82 Å². The molecule has 3 nitrogen and oxygen atoms in total. The molecule has 1 aromatic carbocycles. The SMILES string of the molecule is C/C=C/CCNc1nncc2ccccc12. The van der Waals surface area contributed by atoms with Crippen LogP contribution in [0.3, 0.4) is 0 Å². The number of hydrogen-bond acceptors (Lipinski definition) is 3. The predicted molar refractivity (Wildman–Crippen MR) is 67.5 cm³/mol. The van der Waals surface area contributed by atoms with Gasteiger partial charge in [-0.25, -0.2) is 0 Å². The Morgan fingerprint density at radius 1 is 1.31 bits per heavy atom. The van der Waals surface area contributed by atoms with Crippen LogP contribution in [0.4, 0.5) is 5.82 Å². The summed E-state index contributed by atoms with van der Waals surface area (Å²) in [6, 6.07) is 8.12. The Balaban J connectivity index is 2.17. The maximum Gasteiger partial charge on any atom is 0.156 e. The number of allylic oxidation sites excluding steroid dienone is 1. The summed E-state index contributed by atoms with van der Waals surface area (Å²) in [5.74, 6) is 0.864. The molecule has 16 heavy (non-hydrogen) atoms. The summed E-state index contributed by atoms with van der Waals surface area (Å²) in [6.07, 6.45) is 6.97. The van der Waals surface area contributed by atoms with Crippen molar-refractivity contribution in [1.29, 1.82) is 0 Å². The van der Waals surface area contributed by atoms with Gasteiger partial charge in [-0.05, 0) is 13.3 Å². The second-order valence-corrected chi connectivity index (χ2v) is 3.56. The molecule has 3 heteroatoms. The Hall–Kier alpha value is -1.90. The molecule has 0 saturated heterocycles. The van der Waals surface area contributed by atoms with Crippen LogP contribution < -0.4 is 5.32 Å². The monoisotopic (exact) mass is 213 g/mol.